The summed E-state index contributed by atoms with van der Waals surface area (Å²) in [6.45, 7) is 5.58. The lowest BCUT2D eigenvalue weighted by Gasteiger charge is -2.14. The Balaban J connectivity index is 2.47. The second kappa shape index (κ2) is 5.25. The van der Waals surface area contributed by atoms with Crippen molar-refractivity contribution in [3.63, 3.8) is 0 Å². The first-order chi connectivity index (χ1) is 9.31. The van der Waals surface area contributed by atoms with Gasteiger partial charge in [-0.15, -0.1) is 0 Å². The molecule has 0 saturated heterocycles. The molecule has 0 unspecified atom stereocenters. The number of aryl methyl sites for hydroxylation is 3. The SMILES string of the molecule is Cc1cc(C)c(NS(=O)(=O)c2ccccc2F)c(C)c1. The summed E-state index contributed by atoms with van der Waals surface area (Å²) in [4.78, 5) is -0.348. The minimum Gasteiger partial charge on any atom is -0.279 e. The molecule has 1 N–H and O–H groups in total. The Morgan fingerprint density at radius 1 is 1.00 bits per heavy atom. The number of nitrogens with one attached hydrogen (secondary N) is 1. The van der Waals surface area contributed by atoms with Gasteiger partial charge in [-0.05, 0) is 44.0 Å². The molecule has 0 aliphatic carbocycles. The minimum absolute atomic E-state index is 0.348. The van der Waals surface area contributed by atoms with Crippen molar-refractivity contribution in [3.8, 4) is 0 Å². The van der Waals surface area contributed by atoms with Gasteiger partial charge in [0.1, 0.15) is 10.7 Å². The highest BCUT2D eigenvalue weighted by atomic mass is 32.2. The highest BCUT2D eigenvalue weighted by molar-refractivity contribution is 7.92. The van der Waals surface area contributed by atoms with Gasteiger partial charge in [-0.2, -0.15) is 0 Å². The van der Waals surface area contributed by atoms with Crippen molar-refractivity contribution in [1.29, 1.82) is 0 Å². The standard InChI is InChI=1S/C15H16FNO2S/c1-10-8-11(2)15(12(3)9-10)17-20(18,19)14-7-5-4-6-13(14)16/h4-9,17H,1-3H3. The molecule has 0 bridgehead atoms. The maximum Gasteiger partial charge on any atom is 0.264 e. The van der Waals surface area contributed by atoms with Crippen LogP contribution in [0.2, 0.25) is 0 Å². The zero-order valence-electron chi connectivity index (χ0n) is 11.6. The van der Waals surface area contributed by atoms with E-state index < -0.39 is 15.8 Å². The fourth-order valence-electron chi connectivity index (χ4n) is 2.19. The van der Waals surface area contributed by atoms with Gasteiger partial charge < -0.3 is 0 Å². The van der Waals surface area contributed by atoms with E-state index in [4.69, 9.17) is 0 Å². The number of hydrogen-bond donors (Lipinski definition) is 1. The Morgan fingerprint density at radius 3 is 2.10 bits per heavy atom. The Morgan fingerprint density at radius 2 is 1.55 bits per heavy atom. The van der Waals surface area contributed by atoms with Crippen LogP contribution >= 0.6 is 0 Å². The van der Waals surface area contributed by atoms with Gasteiger partial charge in [0.25, 0.3) is 10.0 Å². The Hall–Kier alpha value is -1.88. The van der Waals surface area contributed by atoms with E-state index in [-0.39, 0.29) is 4.90 Å². The summed E-state index contributed by atoms with van der Waals surface area (Å²) in [5.74, 6) is -0.762. The van der Waals surface area contributed by atoms with Crippen molar-refractivity contribution >= 4 is 15.7 Å². The summed E-state index contributed by atoms with van der Waals surface area (Å²) in [5.41, 5.74) is 3.16. The number of anilines is 1. The molecule has 0 saturated carbocycles. The van der Waals surface area contributed by atoms with Crippen LogP contribution in [0.15, 0.2) is 41.3 Å². The van der Waals surface area contributed by atoms with Crippen LogP contribution in [-0.4, -0.2) is 8.42 Å². The molecule has 0 amide bonds. The number of rotatable bonds is 3. The molecule has 2 aromatic rings. The molecule has 0 aliphatic rings. The third-order valence-electron chi connectivity index (χ3n) is 3.04. The first kappa shape index (κ1) is 14.5. The third kappa shape index (κ3) is 2.82. The van der Waals surface area contributed by atoms with Gasteiger partial charge in [0.2, 0.25) is 0 Å². The van der Waals surface area contributed by atoms with Gasteiger partial charge in [0.15, 0.2) is 0 Å². The van der Waals surface area contributed by atoms with Gasteiger partial charge in [-0.3, -0.25) is 4.72 Å². The van der Waals surface area contributed by atoms with Gasteiger partial charge in [0.05, 0.1) is 5.69 Å². The molecule has 20 heavy (non-hydrogen) atoms. The second-order valence-electron chi connectivity index (χ2n) is 4.81. The molecule has 0 spiro atoms. The van der Waals surface area contributed by atoms with Gasteiger partial charge in [-0.25, -0.2) is 12.8 Å². The lowest BCUT2D eigenvalue weighted by Crippen LogP contribution is -2.16. The molecule has 0 heterocycles. The van der Waals surface area contributed by atoms with Crippen LogP contribution in [0.3, 0.4) is 0 Å². The van der Waals surface area contributed by atoms with Gasteiger partial charge in [-0.1, -0.05) is 29.8 Å². The third-order valence-corrected chi connectivity index (χ3v) is 4.42. The number of hydrogen-bond acceptors (Lipinski definition) is 2. The molecule has 2 rings (SSSR count). The van der Waals surface area contributed by atoms with Crippen LogP contribution < -0.4 is 4.72 Å². The van der Waals surface area contributed by atoms with Crippen LogP contribution in [0.25, 0.3) is 0 Å². The van der Waals surface area contributed by atoms with E-state index in [1.807, 2.05) is 32.9 Å². The van der Waals surface area contributed by atoms with Crippen molar-refractivity contribution in [2.45, 2.75) is 25.7 Å². The maximum absolute atomic E-state index is 13.6. The van der Waals surface area contributed by atoms with Crippen molar-refractivity contribution < 1.29 is 12.8 Å². The summed E-state index contributed by atoms with van der Waals surface area (Å²) in [5, 5.41) is 0. The summed E-state index contributed by atoms with van der Waals surface area (Å²) in [7, 11) is -3.93. The quantitative estimate of drug-likeness (QED) is 0.940. The molecule has 0 atom stereocenters. The Labute approximate surface area is 118 Å². The van der Waals surface area contributed by atoms with Crippen molar-refractivity contribution in [3.05, 3.63) is 58.9 Å². The average molecular weight is 293 g/mol. The summed E-state index contributed by atoms with van der Waals surface area (Å²) in [6.07, 6.45) is 0. The molecule has 0 aromatic heterocycles. The maximum atomic E-state index is 13.6. The highest BCUT2D eigenvalue weighted by Crippen LogP contribution is 2.25. The average Bonchev–Trinajstić information content (AvgIpc) is 2.34. The van der Waals surface area contributed by atoms with Crippen LogP contribution in [0.4, 0.5) is 10.1 Å². The lowest BCUT2D eigenvalue weighted by molar-refractivity contribution is 0.570. The highest BCUT2D eigenvalue weighted by Gasteiger charge is 2.20. The molecule has 3 nitrogen and oxygen atoms in total. The monoisotopic (exact) mass is 293 g/mol. The van der Waals surface area contributed by atoms with Crippen molar-refractivity contribution in [2.24, 2.45) is 0 Å². The normalized spacial score (nSPS) is 11.4. The van der Waals surface area contributed by atoms with Crippen molar-refractivity contribution in [1.82, 2.24) is 0 Å². The Bertz CT molecular complexity index is 731. The molecular formula is C15H16FNO2S. The Kier molecular flexibility index (Phi) is 3.81. The molecule has 5 heteroatoms. The fraction of sp³-hybridized carbons (Fsp3) is 0.200. The van der Waals surface area contributed by atoms with Gasteiger partial charge in [0, 0.05) is 0 Å². The molecule has 0 fully saturated rings. The van der Waals surface area contributed by atoms with E-state index in [0.717, 1.165) is 22.8 Å². The lowest BCUT2D eigenvalue weighted by atomic mass is 10.1. The van der Waals surface area contributed by atoms with E-state index in [2.05, 4.69) is 4.72 Å². The van der Waals surface area contributed by atoms with Gasteiger partial charge >= 0.3 is 0 Å². The van der Waals surface area contributed by atoms with E-state index in [0.29, 0.717) is 5.69 Å². The number of sulfonamides is 1. The molecular weight excluding hydrogens is 277 g/mol. The van der Waals surface area contributed by atoms with E-state index in [1.165, 1.54) is 18.2 Å². The summed E-state index contributed by atoms with van der Waals surface area (Å²) < 4.78 is 40.6. The topological polar surface area (TPSA) is 46.2 Å². The smallest absolute Gasteiger partial charge is 0.264 e. The molecule has 106 valence electrons. The van der Waals surface area contributed by atoms with Crippen LogP contribution in [-0.2, 0) is 10.0 Å². The predicted molar refractivity (Wildman–Crippen MR) is 77.9 cm³/mol. The summed E-state index contributed by atoms with van der Waals surface area (Å²) in [6, 6.07) is 9.08. The second-order valence-corrected chi connectivity index (χ2v) is 6.46. The first-order valence-electron chi connectivity index (χ1n) is 6.16. The predicted octanol–water partition coefficient (Wildman–Crippen LogP) is 3.55. The molecule has 2 aromatic carbocycles. The van der Waals surface area contributed by atoms with Crippen molar-refractivity contribution in [2.75, 3.05) is 4.72 Å². The van der Waals surface area contributed by atoms with E-state index in [1.54, 1.807) is 0 Å². The summed E-state index contributed by atoms with van der Waals surface area (Å²) >= 11 is 0. The van der Waals surface area contributed by atoms with E-state index >= 15 is 0 Å². The van der Waals surface area contributed by atoms with Crippen LogP contribution in [0.1, 0.15) is 16.7 Å². The van der Waals surface area contributed by atoms with E-state index in [9.17, 15) is 12.8 Å². The molecule has 0 radical (unpaired) electrons. The zero-order chi connectivity index (χ0) is 14.9. The zero-order valence-corrected chi connectivity index (χ0v) is 12.4. The fourth-order valence-corrected chi connectivity index (χ4v) is 3.48. The number of benzene rings is 2. The minimum atomic E-state index is -3.93. The van der Waals surface area contributed by atoms with Crippen LogP contribution in [0.5, 0.6) is 0 Å². The largest absolute Gasteiger partial charge is 0.279 e. The number of halogens is 1. The molecule has 0 aliphatic heterocycles. The first-order valence-corrected chi connectivity index (χ1v) is 7.65. The van der Waals surface area contributed by atoms with Crippen LogP contribution in [0, 0.1) is 26.6 Å².